The minimum atomic E-state index is -0.814. The fourth-order valence-electron chi connectivity index (χ4n) is 1.88. The lowest BCUT2D eigenvalue weighted by molar-refractivity contribution is -0.120. The van der Waals surface area contributed by atoms with Gasteiger partial charge in [0.05, 0.1) is 16.1 Å². The third kappa shape index (κ3) is 4.83. The summed E-state index contributed by atoms with van der Waals surface area (Å²) in [7, 11) is 0. The topological polar surface area (TPSA) is 55.1 Å². The second kappa shape index (κ2) is 6.63. The highest BCUT2D eigenvalue weighted by atomic mass is 79.9. The van der Waals surface area contributed by atoms with Crippen LogP contribution in [0.5, 0.6) is 0 Å². The molecule has 0 aliphatic carbocycles. The van der Waals surface area contributed by atoms with E-state index in [9.17, 15) is 13.6 Å². The van der Waals surface area contributed by atoms with Crippen LogP contribution < -0.4 is 11.1 Å². The fraction of sp³-hybridized carbons (Fsp3) is 0.500. The largest absolute Gasteiger partial charge is 0.330 e. The lowest BCUT2D eigenvalue weighted by Crippen LogP contribution is -2.32. The van der Waals surface area contributed by atoms with Gasteiger partial charge in [-0.3, -0.25) is 4.79 Å². The van der Waals surface area contributed by atoms with Gasteiger partial charge in [-0.2, -0.15) is 0 Å². The second-order valence-electron chi connectivity index (χ2n) is 5.93. The van der Waals surface area contributed by atoms with E-state index in [4.69, 9.17) is 5.73 Å². The Morgan fingerprint density at radius 2 is 1.95 bits per heavy atom. The molecule has 0 spiro atoms. The van der Waals surface area contributed by atoms with Crippen molar-refractivity contribution >= 4 is 27.5 Å². The number of rotatable bonds is 4. The summed E-state index contributed by atoms with van der Waals surface area (Å²) >= 11 is 2.96. The third-order valence-electron chi connectivity index (χ3n) is 2.78. The summed E-state index contributed by atoms with van der Waals surface area (Å²) in [4.78, 5) is 12.1. The summed E-state index contributed by atoms with van der Waals surface area (Å²) in [6.07, 6.45) is 0.583. The summed E-state index contributed by atoms with van der Waals surface area (Å²) in [5.74, 6) is -2.31. The molecule has 0 heterocycles. The van der Waals surface area contributed by atoms with Gasteiger partial charge in [-0.15, -0.1) is 0 Å². The Kier molecular flexibility index (Phi) is 5.65. The molecule has 0 aliphatic heterocycles. The van der Waals surface area contributed by atoms with Crippen LogP contribution in [0.25, 0.3) is 0 Å². The predicted octanol–water partition coefficient (Wildman–Crippen LogP) is 3.68. The van der Waals surface area contributed by atoms with Gasteiger partial charge in [0, 0.05) is 12.6 Å². The minimum Gasteiger partial charge on any atom is -0.330 e. The summed E-state index contributed by atoms with van der Waals surface area (Å²) in [6.45, 7) is 6.17. The number of nitrogens with two attached hydrogens (primary N) is 1. The van der Waals surface area contributed by atoms with Crippen LogP contribution in [-0.2, 0) is 4.79 Å². The number of benzene rings is 1. The summed E-state index contributed by atoms with van der Waals surface area (Å²) in [5, 5.41) is 2.46. The first-order valence-electron chi connectivity index (χ1n) is 6.29. The number of hydrogen-bond acceptors (Lipinski definition) is 2. The number of carbonyl (C=O) groups is 1. The van der Waals surface area contributed by atoms with E-state index >= 15 is 0 Å². The van der Waals surface area contributed by atoms with Crippen LogP contribution in [0.2, 0.25) is 0 Å². The molecular weight excluding hydrogens is 330 g/mol. The van der Waals surface area contributed by atoms with E-state index in [1.54, 1.807) is 0 Å². The second-order valence-corrected chi connectivity index (χ2v) is 6.79. The molecule has 20 heavy (non-hydrogen) atoms. The number of halogens is 3. The standard InChI is InChI=1S/C14H19BrF2N2O/c1-14(2,3)6-8(7-18)13(20)19-12-4-9(15)10(16)5-11(12)17/h4-5,8H,6-7,18H2,1-3H3,(H,19,20). The highest BCUT2D eigenvalue weighted by Gasteiger charge is 2.24. The van der Waals surface area contributed by atoms with Crippen molar-refractivity contribution in [2.24, 2.45) is 17.1 Å². The van der Waals surface area contributed by atoms with E-state index in [1.165, 1.54) is 6.07 Å². The zero-order valence-electron chi connectivity index (χ0n) is 11.8. The van der Waals surface area contributed by atoms with E-state index in [-0.39, 0.29) is 28.0 Å². The van der Waals surface area contributed by atoms with Crippen molar-refractivity contribution in [3.63, 3.8) is 0 Å². The van der Waals surface area contributed by atoms with Crippen LogP contribution in [0.15, 0.2) is 16.6 Å². The molecule has 3 N–H and O–H groups in total. The number of carbonyl (C=O) groups excluding carboxylic acids is 1. The zero-order chi connectivity index (χ0) is 15.5. The maximum Gasteiger partial charge on any atom is 0.228 e. The lowest BCUT2D eigenvalue weighted by atomic mass is 9.84. The molecule has 1 aromatic rings. The van der Waals surface area contributed by atoms with Gasteiger partial charge in [0.1, 0.15) is 11.6 Å². The minimum absolute atomic E-state index is 0.0596. The molecule has 0 fully saturated rings. The smallest absolute Gasteiger partial charge is 0.228 e. The Morgan fingerprint density at radius 1 is 1.35 bits per heavy atom. The van der Waals surface area contributed by atoms with Crippen molar-refractivity contribution in [2.45, 2.75) is 27.2 Å². The molecule has 1 atom stereocenters. The van der Waals surface area contributed by atoms with Gasteiger partial charge in [0.25, 0.3) is 0 Å². The number of amides is 1. The Labute approximate surface area is 126 Å². The normalized spacial score (nSPS) is 13.2. The first kappa shape index (κ1) is 17.0. The molecule has 0 aliphatic rings. The Morgan fingerprint density at radius 3 is 2.45 bits per heavy atom. The number of nitrogens with one attached hydrogen (secondary N) is 1. The Hall–Kier alpha value is -1.01. The molecule has 0 radical (unpaired) electrons. The number of anilines is 1. The molecule has 1 rings (SSSR count). The van der Waals surface area contributed by atoms with Gasteiger partial charge in [-0.25, -0.2) is 8.78 Å². The molecular formula is C14H19BrF2N2O. The first-order chi connectivity index (χ1) is 9.14. The van der Waals surface area contributed by atoms with E-state index in [0.717, 1.165) is 6.07 Å². The fourth-order valence-corrected chi connectivity index (χ4v) is 2.22. The van der Waals surface area contributed by atoms with Crippen LogP contribution in [-0.4, -0.2) is 12.5 Å². The van der Waals surface area contributed by atoms with Crippen LogP contribution in [0, 0.1) is 23.0 Å². The summed E-state index contributed by atoms with van der Waals surface area (Å²) in [6, 6.07) is 1.92. The Balaban J connectivity index is 2.86. The van der Waals surface area contributed by atoms with Crippen molar-refractivity contribution in [3.05, 3.63) is 28.2 Å². The monoisotopic (exact) mass is 348 g/mol. The SMILES string of the molecule is CC(C)(C)CC(CN)C(=O)Nc1cc(Br)c(F)cc1F. The average molecular weight is 349 g/mol. The van der Waals surface area contributed by atoms with Gasteiger partial charge in [-0.1, -0.05) is 20.8 Å². The molecule has 0 saturated carbocycles. The number of hydrogen-bond donors (Lipinski definition) is 2. The maximum atomic E-state index is 13.6. The first-order valence-corrected chi connectivity index (χ1v) is 7.09. The van der Waals surface area contributed by atoms with Crippen molar-refractivity contribution in [1.82, 2.24) is 0 Å². The van der Waals surface area contributed by atoms with Crippen LogP contribution >= 0.6 is 15.9 Å². The van der Waals surface area contributed by atoms with Gasteiger partial charge >= 0.3 is 0 Å². The van der Waals surface area contributed by atoms with E-state index in [1.807, 2.05) is 20.8 Å². The molecule has 6 heteroatoms. The average Bonchev–Trinajstić information content (AvgIpc) is 2.31. The highest BCUT2D eigenvalue weighted by Crippen LogP contribution is 2.27. The molecule has 1 amide bonds. The van der Waals surface area contributed by atoms with Crippen LogP contribution in [0.3, 0.4) is 0 Å². The molecule has 0 saturated heterocycles. The predicted molar refractivity (Wildman–Crippen MR) is 79.3 cm³/mol. The zero-order valence-corrected chi connectivity index (χ0v) is 13.4. The van der Waals surface area contributed by atoms with Crippen molar-refractivity contribution in [1.29, 1.82) is 0 Å². The maximum absolute atomic E-state index is 13.6. The van der Waals surface area contributed by atoms with Crippen molar-refractivity contribution in [3.8, 4) is 0 Å². The summed E-state index contributed by atoms with van der Waals surface area (Å²) < 4.78 is 26.8. The summed E-state index contributed by atoms with van der Waals surface area (Å²) in [5.41, 5.74) is 5.48. The molecule has 0 aromatic heterocycles. The molecule has 1 aromatic carbocycles. The lowest BCUT2D eigenvalue weighted by Gasteiger charge is -2.24. The van der Waals surface area contributed by atoms with Crippen LogP contribution in [0.4, 0.5) is 14.5 Å². The van der Waals surface area contributed by atoms with E-state index in [0.29, 0.717) is 6.42 Å². The van der Waals surface area contributed by atoms with E-state index < -0.39 is 17.6 Å². The van der Waals surface area contributed by atoms with Gasteiger partial charge in [0.2, 0.25) is 5.91 Å². The quantitative estimate of drug-likeness (QED) is 0.815. The molecule has 0 bridgehead atoms. The van der Waals surface area contributed by atoms with Crippen molar-refractivity contribution < 1.29 is 13.6 Å². The van der Waals surface area contributed by atoms with Gasteiger partial charge in [0.15, 0.2) is 0 Å². The Bertz CT molecular complexity index is 501. The highest BCUT2D eigenvalue weighted by molar-refractivity contribution is 9.10. The van der Waals surface area contributed by atoms with Gasteiger partial charge < -0.3 is 11.1 Å². The van der Waals surface area contributed by atoms with Crippen LogP contribution in [0.1, 0.15) is 27.2 Å². The third-order valence-corrected chi connectivity index (χ3v) is 3.39. The van der Waals surface area contributed by atoms with E-state index in [2.05, 4.69) is 21.2 Å². The molecule has 1 unspecified atom stereocenters. The molecule has 3 nitrogen and oxygen atoms in total. The van der Waals surface area contributed by atoms with Gasteiger partial charge in [-0.05, 0) is 33.8 Å². The molecule has 112 valence electrons. The van der Waals surface area contributed by atoms with Crippen molar-refractivity contribution in [2.75, 3.05) is 11.9 Å².